The average Bonchev–Trinajstić information content (AvgIpc) is 3.05. The summed E-state index contributed by atoms with van der Waals surface area (Å²) in [5.41, 5.74) is 9.40. The Morgan fingerprint density at radius 3 is 1.86 bits per heavy atom. The summed E-state index contributed by atoms with van der Waals surface area (Å²) < 4.78 is 0. The van der Waals surface area contributed by atoms with E-state index < -0.39 is 54.2 Å². The molecule has 4 rings (SSSR count). The lowest BCUT2D eigenvalue weighted by Gasteiger charge is -2.29. The fraction of sp³-hybridized carbons (Fsp3) is 0.333. The summed E-state index contributed by atoms with van der Waals surface area (Å²) in [6.07, 6.45) is 3.08. The Labute approximate surface area is 258 Å². The van der Waals surface area contributed by atoms with Gasteiger partial charge in [-0.15, -0.1) is 0 Å². The fourth-order valence-electron chi connectivity index (χ4n) is 5.13. The lowest BCUT2D eigenvalue weighted by atomic mass is 9.74. The van der Waals surface area contributed by atoms with Gasteiger partial charge in [0.1, 0.15) is 18.1 Å². The number of allylic oxidation sites excluding steroid dienone is 2. The third-order valence-electron chi connectivity index (χ3n) is 7.47. The van der Waals surface area contributed by atoms with Crippen molar-refractivity contribution in [3.63, 3.8) is 0 Å². The number of benzene rings is 2. The number of nitrogens with one attached hydrogen (secondary N) is 3. The van der Waals surface area contributed by atoms with Gasteiger partial charge in [-0.2, -0.15) is 12.6 Å². The molecule has 232 valence electrons. The lowest BCUT2D eigenvalue weighted by molar-refractivity contribution is -0.143. The molecule has 2 aromatic carbocycles. The SMILES string of the molecule is N[C@@H](CNC(=O)CCC(=O)N1c2ccccc2C2C=CC2c2ccccc21)C(=O)N[C@@H](CC(=O)O)C(=O)N[C@@H](CS)C(=O)O. The van der Waals surface area contributed by atoms with Crippen LogP contribution in [-0.2, 0) is 28.8 Å². The second kappa shape index (κ2) is 14.2. The van der Waals surface area contributed by atoms with E-state index in [1.54, 1.807) is 4.90 Å². The second-order valence-electron chi connectivity index (χ2n) is 10.4. The maximum atomic E-state index is 13.6. The van der Waals surface area contributed by atoms with Crippen LogP contribution in [0.3, 0.4) is 0 Å². The number of carboxylic acids is 2. The first-order chi connectivity index (χ1) is 21.0. The van der Waals surface area contributed by atoms with Crippen molar-refractivity contribution in [3.05, 3.63) is 71.8 Å². The highest BCUT2D eigenvalue weighted by molar-refractivity contribution is 7.80. The summed E-state index contributed by atoms with van der Waals surface area (Å²) in [5, 5.41) is 25.0. The number of amides is 4. The van der Waals surface area contributed by atoms with Crippen molar-refractivity contribution < 1.29 is 39.0 Å². The van der Waals surface area contributed by atoms with E-state index in [-0.39, 0.29) is 42.9 Å². The van der Waals surface area contributed by atoms with Gasteiger partial charge in [-0.05, 0) is 23.3 Å². The van der Waals surface area contributed by atoms with E-state index in [4.69, 9.17) is 15.9 Å². The average molecular weight is 624 g/mol. The number of aliphatic carboxylic acids is 2. The first-order valence-electron chi connectivity index (χ1n) is 13.9. The monoisotopic (exact) mass is 623 g/mol. The summed E-state index contributed by atoms with van der Waals surface area (Å²) in [6.45, 7) is -0.362. The molecule has 1 aliphatic heterocycles. The second-order valence-corrected chi connectivity index (χ2v) is 10.8. The molecule has 2 aliphatic rings. The fourth-order valence-corrected chi connectivity index (χ4v) is 5.38. The van der Waals surface area contributed by atoms with Crippen molar-refractivity contribution >= 4 is 59.6 Å². The molecule has 44 heavy (non-hydrogen) atoms. The number of carbonyl (C=O) groups excluding carboxylic acids is 4. The molecule has 0 bridgehead atoms. The quantitative estimate of drug-likeness (QED) is 0.124. The van der Waals surface area contributed by atoms with Gasteiger partial charge in [-0.3, -0.25) is 28.9 Å². The normalized spacial score (nSPS) is 18.1. The van der Waals surface area contributed by atoms with E-state index in [1.165, 1.54) is 0 Å². The van der Waals surface area contributed by atoms with Gasteiger partial charge in [0.2, 0.25) is 23.6 Å². The van der Waals surface area contributed by atoms with Gasteiger partial charge in [-0.25, -0.2) is 4.79 Å². The summed E-state index contributed by atoms with van der Waals surface area (Å²) in [5.74, 6) is -5.61. The predicted molar refractivity (Wildman–Crippen MR) is 162 cm³/mol. The predicted octanol–water partition coefficient (Wildman–Crippen LogP) is 0.784. The zero-order valence-electron chi connectivity index (χ0n) is 23.5. The van der Waals surface area contributed by atoms with Crippen LogP contribution in [0.15, 0.2) is 60.7 Å². The minimum Gasteiger partial charge on any atom is -0.481 e. The van der Waals surface area contributed by atoms with E-state index >= 15 is 0 Å². The first-order valence-corrected chi connectivity index (χ1v) is 14.5. The van der Waals surface area contributed by atoms with Crippen LogP contribution >= 0.6 is 12.6 Å². The number of nitrogens with zero attached hydrogens (tertiary/aromatic N) is 1. The van der Waals surface area contributed by atoms with Crippen molar-refractivity contribution in [1.29, 1.82) is 0 Å². The highest BCUT2D eigenvalue weighted by Gasteiger charge is 2.37. The van der Waals surface area contributed by atoms with Gasteiger partial charge in [0.15, 0.2) is 0 Å². The topological polar surface area (TPSA) is 208 Å². The number of hydrogen-bond donors (Lipinski definition) is 7. The Morgan fingerprint density at radius 2 is 1.36 bits per heavy atom. The molecular formula is C30H33N5O8S. The van der Waals surface area contributed by atoms with Crippen LogP contribution in [0.2, 0.25) is 0 Å². The Hall–Kier alpha value is -4.69. The minimum atomic E-state index is -1.62. The van der Waals surface area contributed by atoms with E-state index in [2.05, 4.69) is 40.7 Å². The van der Waals surface area contributed by atoms with Gasteiger partial charge >= 0.3 is 11.9 Å². The van der Waals surface area contributed by atoms with Crippen LogP contribution in [-0.4, -0.2) is 76.2 Å². The van der Waals surface area contributed by atoms with Crippen molar-refractivity contribution in [1.82, 2.24) is 16.0 Å². The van der Waals surface area contributed by atoms with Crippen molar-refractivity contribution in [3.8, 4) is 0 Å². The molecule has 1 aliphatic carbocycles. The zero-order chi connectivity index (χ0) is 32.0. The number of hydrogen-bond acceptors (Lipinski definition) is 8. The van der Waals surface area contributed by atoms with Crippen molar-refractivity contribution in [2.75, 3.05) is 17.2 Å². The highest BCUT2D eigenvalue weighted by Crippen LogP contribution is 2.52. The van der Waals surface area contributed by atoms with Crippen LogP contribution in [0, 0.1) is 0 Å². The molecule has 2 aromatic rings. The third kappa shape index (κ3) is 7.26. The lowest BCUT2D eigenvalue weighted by Crippen LogP contribution is -2.57. The molecule has 0 saturated heterocycles. The summed E-state index contributed by atoms with van der Waals surface area (Å²) in [4.78, 5) is 75.3. The molecule has 7 N–H and O–H groups in total. The number of thiol groups is 1. The molecule has 0 spiro atoms. The number of para-hydroxylation sites is 2. The number of nitrogens with two attached hydrogens (primary N) is 1. The molecule has 14 heteroatoms. The number of rotatable bonds is 13. The molecule has 4 amide bonds. The molecule has 0 aromatic heterocycles. The minimum absolute atomic E-state index is 0.130. The molecular weight excluding hydrogens is 590 g/mol. The van der Waals surface area contributed by atoms with Crippen molar-refractivity contribution in [2.45, 2.75) is 49.2 Å². The summed E-state index contributed by atoms with van der Waals surface area (Å²) >= 11 is 3.83. The Balaban J connectivity index is 1.34. The molecule has 1 heterocycles. The summed E-state index contributed by atoms with van der Waals surface area (Å²) in [6, 6.07) is 10.9. The zero-order valence-corrected chi connectivity index (χ0v) is 24.4. The van der Waals surface area contributed by atoms with E-state index in [0.717, 1.165) is 22.5 Å². The van der Waals surface area contributed by atoms with Crippen LogP contribution in [0.25, 0.3) is 0 Å². The third-order valence-corrected chi connectivity index (χ3v) is 7.83. The van der Waals surface area contributed by atoms with Crippen LogP contribution in [0.5, 0.6) is 0 Å². The van der Waals surface area contributed by atoms with Crippen molar-refractivity contribution in [2.24, 2.45) is 5.73 Å². The molecule has 13 nitrogen and oxygen atoms in total. The summed E-state index contributed by atoms with van der Waals surface area (Å²) in [7, 11) is 0. The van der Waals surface area contributed by atoms with E-state index in [1.807, 2.05) is 48.5 Å². The maximum absolute atomic E-state index is 13.6. The standard InChI is InChI=1S/C30H33N5O8S/c31-20(28(40)33-21(13-27(38)39)29(41)34-22(15-44)30(42)43)14-32-25(36)11-12-26(37)35-23-7-3-1-5-18(23)16-9-10-17(16)19-6-2-4-8-24(19)35/h1-10,16-17,20-22,44H,11-15,31H2,(H,32,36)(H,33,40)(H,34,41)(H,38,39)(H,42,43)/t16?,17?,20-,21-,22-/m0/s1. The number of fused-ring (bicyclic) bond motifs is 5. The molecule has 0 fully saturated rings. The van der Waals surface area contributed by atoms with Gasteiger partial charge in [0.05, 0.1) is 17.8 Å². The van der Waals surface area contributed by atoms with E-state index in [0.29, 0.717) is 0 Å². The first kappa shape index (κ1) is 32.2. The van der Waals surface area contributed by atoms with Gasteiger partial charge in [0, 0.05) is 37.0 Å². The highest BCUT2D eigenvalue weighted by atomic mass is 32.1. The smallest absolute Gasteiger partial charge is 0.327 e. The maximum Gasteiger partial charge on any atom is 0.327 e. The molecule has 0 radical (unpaired) electrons. The van der Waals surface area contributed by atoms with Gasteiger partial charge < -0.3 is 31.9 Å². The van der Waals surface area contributed by atoms with Crippen LogP contribution < -0.4 is 26.6 Å². The van der Waals surface area contributed by atoms with Gasteiger partial charge in [0.25, 0.3) is 0 Å². The molecule has 5 atom stereocenters. The largest absolute Gasteiger partial charge is 0.481 e. The number of carbonyl (C=O) groups is 6. The van der Waals surface area contributed by atoms with Gasteiger partial charge in [-0.1, -0.05) is 48.6 Å². The number of anilines is 2. The molecule has 0 saturated carbocycles. The van der Waals surface area contributed by atoms with E-state index in [9.17, 15) is 28.8 Å². The van der Waals surface area contributed by atoms with Crippen LogP contribution in [0.4, 0.5) is 11.4 Å². The van der Waals surface area contributed by atoms with Crippen LogP contribution in [0.1, 0.15) is 42.2 Å². The number of carboxylic acid groups (broad SMARTS) is 2. The Kier molecular flexibility index (Phi) is 10.4. The molecule has 2 unspecified atom stereocenters. The Bertz CT molecular complexity index is 1440. The Morgan fingerprint density at radius 1 is 0.818 bits per heavy atom.